The zero-order valence-corrected chi connectivity index (χ0v) is 13.4. The van der Waals surface area contributed by atoms with Crippen LogP contribution in [0.5, 0.6) is 5.75 Å². The summed E-state index contributed by atoms with van der Waals surface area (Å²) in [6.07, 6.45) is 12.2. The molecule has 1 fully saturated rings. The summed E-state index contributed by atoms with van der Waals surface area (Å²) in [7, 11) is 2.13. The van der Waals surface area contributed by atoms with Crippen LogP contribution in [0.1, 0.15) is 56.1 Å². The van der Waals surface area contributed by atoms with Crippen molar-refractivity contribution in [1.82, 2.24) is 5.32 Å². The number of aryl methyl sites for hydroxylation is 1. The third kappa shape index (κ3) is 4.00. The van der Waals surface area contributed by atoms with Crippen molar-refractivity contribution in [2.24, 2.45) is 5.92 Å². The number of rotatable bonds is 6. The molecule has 1 saturated carbocycles. The fourth-order valence-electron chi connectivity index (χ4n) is 3.94. The number of hydrogen-bond acceptors (Lipinski definition) is 2. The Bertz CT molecular complexity index is 451. The van der Waals surface area contributed by atoms with Crippen LogP contribution in [0.3, 0.4) is 0 Å². The minimum absolute atomic E-state index is 0.678. The third-order valence-corrected chi connectivity index (χ3v) is 5.29. The van der Waals surface area contributed by atoms with Crippen LogP contribution in [0.2, 0.25) is 0 Å². The maximum Gasteiger partial charge on any atom is 0.122 e. The average molecular weight is 287 g/mol. The molecule has 1 atom stereocenters. The summed E-state index contributed by atoms with van der Waals surface area (Å²) in [6, 6.07) is 7.44. The van der Waals surface area contributed by atoms with Crippen LogP contribution in [0.25, 0.3) is 0 Å². The molecule has 0 radical (unpaired) electrons. The second kappa shape index (κ2) is 7.31. The molecule has 0 amide bonds. The summed E-state index contributed by atoms with van der Waals surface area (Å²) in [5.41, 5.74) is 2.88. The van der Waals surface area contributed by atoms with E-state index in [0.29, 0.717) is 6.04 Å². The highest BCUT2D eigenvalue weighted by molar-refractivity contribution is 5.39. The topological polar surface area (TPSA) is 21.3 Å². The molecule has 21 heavy (non-hydrogen) atoms. The second-order valence-electron chi connectivity index (χ2n) is 6.80. The summed E-state index contributed by atoms with van der Waals surface area (Å²) in [5.74, 6) is 2.07. The van der Waals surface area contributed by atoms with Crippen LogP contribution in [-0.4, -0.2) is 19.7 Å². The summed E-state index contributed by atoms with van der Waals surface area (Å²) >= 11 is 0. The normalized spacial score (nSPS) is 20.0. The Hall–Kier alpha value is -1.02. The predicted molar refractivity (Wildman–Crippen MR) is 88.0 cm³/mol. The van der Waals surface area contributed by atoms with Crippen molar-refractivity contribution in [1.29, 1.82) is 0 Å². The number of nitrogens with one attached hydrogen (secondary N) is 1. The van der Waals surface area contributed by atoms with Gasteiger partial charge < -0.3 is 10.1 Å². The molecule has 2 nitrogen and oxygen atoms in total. The van der Waals surface area contributed by atoms with Gasteiger partial charge in [0.15, 0.2) is 0 Å². The van der Waals surface area contributed by atoms with E-state index in [9.17, 15) is 0 Å². The number of fused-ring (bicyclic) bond motifs is 1. The maximum absolute atomic E-state index is 5.59. The molecule has 3 rings (SSSR count). The van der Waals surface area contributed by atoms with Gasteiger partial charge in [0.1, 0.15) is 5.75 Å². The molecule has 1 N–H and O–H groups in total. The molecule has 1 aromatic rings. The Balaban J connectivity index is 1.50. The van der Waals surface area contributed by atoms with E-state index in [-0.39, 0.29) is 0 Å². The first-order valence-corrected chi connectivity index (χ1v) is 8.77. The lowest BCUT2D eigenvalue weighted by Crippen LogP contribution is -2.29. The van der Waals surface area contributed by atoms with Gasteiger partial charge >= 0.3 is 0 Å². The fraction of sp³-hybridized carbons (Fsp3) is 0.684. The van der Waals surface area contributed by atoms with Crippen LogP contribution >= 0.6 is 0 Å². The summed E-state index contributed by atoms with van der Waals surface area (Å²) in [5, 5.41) is 3.55. The Morgan fingerprint density at radius 1 is 1.24 bits per heavy atom. The second-order valence-corrected chi connectivity index (χ2v) is 6.80. The van der Waals surface area contributed by atoms with Gasteiger partial charge in [-0.05, 0) is 49.4 Å². The van der Waals surface area contributed by atoms with E-state index < -0.39 is 0 Å². The number of ether oxygens (including phenoxy) is 1. The molecule has 1 aliphatic heterocycles. The van der Waals surface area contributed by atoms with Gasteiger partial charge in [0, 0.05) is 12.5 Å². The molecule has 0 saturated heterocycles. The van der Waals surface area contributed by atoms with E-state index in [2.05, 4.69) is 30.6 Å². The van der Waals surface area contributed by atoms with Gasteiger partial charge in [-0.25, -0.2) is 0 Å². The SMILES string of the molecule is CNC(CCc1ccc2c(c1)CCO2)CC1CCCCC1. The van der Waals surface area contributed by atoms with E-state index >= 15 is 0 Å². The Morgan fingerprint density at radius 3 is 2.90 bits per heavy atom. The standard InChI is InChI=1S/C19H29NO/c1-20-18(14-15-5-3-2-4-6-15)9-7-16-8-10-19-17(13-16)11-12-21-19/h8,10,13,15,18,20H,2-7,9,11-12,14H2,1H3. The molecule has 0 bridgehead atoms. The maximum atomic E-state index is 5.59. The highest BCUT2D eigenvalue weighted by Crippen LogP contribution is 2.29. The van der Waals surface area contributed by atoms with E-state index in [4.69, 9.17) is 4.74 Å². The molecule has 1 unspecified atom stereocenters. The molecule has 0 aromatic heterocycles. The Morgan fingerprint density at radius 2 is 2.10 bits per heavy atom. The minimum Gasteiger partial charge on any atom is -0.493 e. The molecule has 2 aliphatic rings. The van der Waals surface area contributed by atoms with Crippen LogP contribution in [0.15, 0.2) is 18.2 Å². The van der Waals surface area contributed by atoms with Crippen molar-refractivity contribution in [2.75, 3.05) is 13.7 Å². The molecule has 2 heteroatoms. The highest BCUT2D eigenvalue weighted by atomic mass is 16.5. The van der Waals surface area contributed by atoms with Crippen molar-refractivity contribution in [3.05, 3.63) is 29.3 Å². The minimum atomic E-state index is 0.678. The van der Waals surface area contributed by atoms with E-state index in [0.717, 1.165) is 24.7 Å². The van der Waals surface area contributed by atoms with Crippen LogP contribution < -0.4 is 10.1 Å². The fourth-order valence-corrected chi connectivity index (χ4v) is 3.94. The lowest BCUT2D eigenvalue weighted by molar-refractivity contribution is 0.297. The van der Waals surface area contributed by atoms with E-state index in [1.807, 2.05) is 0 Å². The van der Waals surface area contributed by atoms with Gasteiger partial charge in [0.25, 0.3) is 0 Å². The Labute approximate surface area is 129 Å². The van der Waals surface area contributed by atoms with Gasteiger partial charge in [0.2, 0.25) is 0 Å². The highest BCUT2D eigenvalue weighted by Gasteiger charge is 2.18. The average Bonchev–Trinajstić information content (AvgIpc) is 3.00. The van der Waals surface area contributed by atoms with Crippen LogP contribution in [0, 0.1) is 5.92 Å². The number of hydrogen-bond donors (Lipinski definition) is 1. The summed E-state index contributed by atoms with van der Waals surface area (Å²) in [4.78, 5) is 0. The molecular weight excluding hydrogens is 258 g/mol. The van der Waals surface area contributed by atoms with Gasteiger partial charge in [-0.2, -0.15) is 0 Å². The molecule has 0 spiro atoms. The lowest BCUT2D eigenvalue weighted by Gasteiger charge is -2.26. The first-order chi connectivity index (χ1) is 10.3. The van der Waals surface area contributed by atoms with E-state index in [1.165, 1.54) is 62.5 Å². The zero-order valence-electron chi connectivity index (χ0n) is 13.4. The van der Waals surface area contributed by atoms with Crippen molar-refractivity contribution < 1.29 is 4.74 Å². The van der Waals surface area contributed by atoms with Crippen molar-refractivity contribution in [3.8, 4) is 5.75 Å². The molecule has 116 valence electrons. The van der Waals surface area contributed by atoms with Crippen molar-refractivity contribution in [2.45, 2.75) is 63.8 Å². The zero-order chi connectivity index (χ0) is 14.5. The molecule has 1 aromatic carbocycles. The van der Waals surface area contributed by atoms with Gasteiger partial charge in [-0.1, -0.05) is 44.2 Å². The van der Waals surface area contributed by atoms with Gasteiger partial charge in [0.05, 0.1) is 6.61 Å². The van der Waals surface area contributed by atoms with Crippen molar-refractivity contribution in [3.63, 3.8) is 0 Å². The molecular formula is C19H29NO. The Kier molecular flexibility index (Phi) is 5.18. The predicted octanol–water partition coefficient (Wildman–Crippen LogP) is 4.11. The lowest BCUT2D eigenvalue weighted by atomic mass is 9.83. The third-order valence-electron chi connectivity index (χ3n) is 5.29. The molecule has 1 heterocycles. The van der Waals surface area contributed by atoms with Crippen molar-refractivity contribution >= 4 is 0 Å². The summed E-state index contributed by atoms with van der Waals surface area (Å²) in [6.45, 7) is 0.861. The largest absolute Gasteiger partial charge is 0.493 e. The monoisotopic (exact) mass is 287 g/mol. The number of benzene rings is 1. The van der Waals surface area contributed by atoms with E-state index in [1.54, 1.807) is 0 Å². The molecule has 1 aliphatic carbocycles. The smallest absolute Gasteiger partial charge is 0.122 e. The van der Waals surface area contributed by atoms with Gasteiger partial charge in [-0.3, -0.25) is 0 Å². The quantitative estimate of drug-likeness (QED) is 0.850. The van der Waals surface area contributed by atoms with Crippen LogP contribution in [0.4, 0.5) is 0 Å². The first-order valence-electron chi connectivity index (χ1n) is 8.77. The van der Waals surface area contributed by atoms with Crippen LogP contribution in [-0.2, 0) is 12.8 Å². The first kappa shape index (κ1) is 14.9. The van der Waals surface area contributed by atoms with Gasteiger partial charge in [-0.15, -0.1) is 0 Å². The summed E-state index contributed by atoms with van der Waals surface area (Å²) < 4.78 is 5.59.